The number of rotatable bonds is 4. The van der Waals surface area contributed by atoms with Crippen LogP contribution < -0.4 is 5.32 Å². The average Bonchev–Trinajstić information content (AvgIpc) is 2.71. The molecule has 1 unspecified atom stereocenters. The second-order valence-corrected chi connectivity index (χ2v) is 5.11. The Balaban J connectivity index is 1.84. The van der Waals surface area contributed by atoms with E-state index in [4.69, 9.17) is 9.47 Å². The molecule has 1 spiro atoms. The minimum atomic E-state index is -0.137. The monoisotopic (exact) mass is 241 g/mol. The average molecular weight is 241 g/mol. The van der Waals surface area contributed by atoms with Gasteiger partial charge in [0.1, 0.15) is 0 Å². The normalized spacial score (nSPS) is 27.2. The molecule has 1 atom stereocenters. The van der Waals surface area contributed by atoms with Gasteiger partial charge < -0.3 is 14.8 Å². The van der Waals surface area contributed by atoms with Crippen LogP contribution in [0.4, 0.5) is 0 Å². The summed E-state index contributed by atoms with van der Waals surface area (Å²) in [4.78, 5) is 11.4. The lowest BCUT2D eigenvalue weighted by atomic mass is 9.75. The smallest absolute Gasteiger partial charge is 0.319 e. The molecule has 1 heterocycles. The van der Waals surface area contributed by atoms with Crippen molar-refractivity contribution in [1.82, 2.24) is 5.32 Å². The zero-order chi connectivity index (χ0) is 12.1. The van der Waals surface area contributed by atoms with Crippen molar-refractivity contribution in [1.29, 1.82) is 0 Å². The summed E-state index contributed by atoms with van der Waals surface area (Å²) in [6, 6.07) is 0.468. The minimum Gasteiger partial charge on any atom is -0.465 e. The van der Waals surface area contributed by atoms with Crippen molar-refractivity contribution in [2.75, 3.05) is 26.4 Å². The summed E-state index contributed by atoms with van der Waals surface area (Å²) in [5.74, 6) is -0.137. The van der Waals surface area contributed by atoms with Crippen molar-refractivity contribution in [2.24, 2.45) is 5.41 Å². The van der Waals surface area contributed by atoms with Crippen LogP contribution in [0, 0.1) is 5.41 Å². The van der Waals surface area contributed by atoms with Gasteiger partial charge in [0.15, 0.2) is 0 Å². The highest BCUT2D eigenvalue weighted by Gasteiger charge is 2.43. The van der Waals surface area contributed by atoms with Crippen LogP contribution in [0.2, 0.25) is 0 Å². The first-order valence-corrected chi connectivity index (χ1v) is 6.73. The molecule has 0 radical (unpaired) electrons. The summed E-state index contributed by atoms with van der Waals surface area (Å²) in [5, 5.41) is 3.40. The Morgan fingerprint density at radius 2 is 2.18 bits per heavy atom. The van der Waals surface area contributed by atoms with E-state index in [0.717, 1.165) is 26.1 Å². The van der Waals surface area contributed by atoms with Crippen LogP contribution >= 0.6 is 0 Å². The van der Waals surface area contributed by atoms with Crippen LogP contribution in [0.3, 0.4) is 0 Å². The molecule has 1 saturated carbocycles. The van der Waals surface area contributed by atoms with Crippen molar-refractivity contribution in [2.45, 2.75) is 45.1 Å². The molecule has 1 N–H and O–H groups in total. The fraction of sp³-hybridized carbons (Fsp3) is 0.923. The lowest BCUT2D eigenvalue weighted by Gasteiger charge is -2.39. The van der Waals surface area contributed by atoms with Gasteiger partial charge in [0, 0.05) is 19.3 Å². The van der Waals surface area contributed by atoms with Crippen LogP contribution in [-0.4, -0.2) is 38.4 Å². The second-order valence-electron chi connectivity index (χ2n) is 5.11. The Morgan fingerprint density at radius 1 is 1.41 bits per heavy atom. The lowest BCUT2D eigenvalue weighted by molar-refractivity contribution is -0.142. The molecule has 4 heteroatoms. The van der Waals surface area contributed by atoms with Crippen LogP contribution in [-0.2, 0) is 14.3 Å². The van der Waals surface area contributed by atoms with Crippen molar-refractivity contribution in [3.05, 3.63) is 0 Å². The summed E-state index contributed by atoms with van der Waals surface area (Å²) >= 11 is 0. The third kappa shape index (κ3) is 2.99. The topological polar surface area (TPSA) is 47.6 Å². The molecule has 2 rings (SSSR count). The minimum absolute atomic E-state index is 0.137. The van der Waals surface area contributed by atoms with Gasteiger partial charge in [0.2, 0.25) is 0 Å². The maximum absolute atomic E-state index is 11.4. The first-order chi connectivity index (χ1) is 8.27. The zero-order valence-electron chi connectivity index (χ0n) is 10.7. The molecule has 2 aliphatic rings. The van der Waals surface area contributed by atoms with Crippen molar-refractivity contribution < 1.29 is 14.3 Å². The van der Waals surface area contributed by atoms with E-state index in [1.165, 1.54) is 19.3 Å². The second kappa shape index (κ2) is 5.83. The van der Waals surface area contributed by atoms with Gasteiger partial charge in [-0.15, -0.1) is 0 Å². The quantitative estimate of drug-likeness (QED) is 0.758. The van der Waals surface area contributed by atoms with Crippen molar-refractivity contribution in [3.8, 4) is 0 Å². The number of ether oxygens (including phenoxy) is 2. The van der Waals surface area contributed by atoms with E-state index in [2.05, 4.69) is 5.32 Å². The summed E-state index contributed by atoms with van der Waals surface area (Å²) in [7, 11) is 0. The first-order valence-electron chi connectivity index (χ1n) is 6.73. The van der Waals surface area contributed by atoms with Gasteiger partial charge in [-0.2, -0.15) is 0 Å². The number of esters is 1. The molecular weight excluding hydrogens is 218 g/mol. The van der Waals surface area contributed by atoms with Crippen LogP contribution in [0.1, 0.15) is 39.0 Å². The highest BCUT2D eigenvalue weighted by Crippen LogP contribution is 2.45. The molecule has 0 aromatic heterocycles. The van der Waals surface area contributed by atoms with E-state index >= 15 is 0 Å². The Morgan fingerprint density at radius 3 is 2.88 bits per heavy atom. The molecule has 1 aliphatic heterocycles. The number of hydrogen-bond donors (Lipinski definition) is 1. The number of carbonyl (C=O) groups excluding carboxylic acids is 1. The van der Waals surface area contributed by atoms with E-state index in [9.17, 15) is 4.79 Å². The molecule has 2 fully saturated rings. The Hall–Kier alpha value is -0.610. The highest BCUT2D eigenvalue weighted by molar-refractivity contribution is 5.71. The summed E-state index contributed by atoms with van der Waals surface area (Å²) < 4.78 is 10.4. The van der Waals surface area contributed by atoms with E-state index in [-0.39, 0.29) is 5.97 Å². The van der Waals surface area contributed by atoms with Crippen LogP contribution in [0.15, 0.2) is 0 Å². The molecule has 0 aromatic carbocycles. The molecule has 4 nitrogen and oxygen atoms in total. The zero-order valence-corrected chi connectivity index (χ0v) is 10.7. The van der Waals surface area contributed by atoms with E-state index in [1.807, 2.05) is 6.92 Å². The molecule has 0 amide bonds. The molecule has 17 heavy (non-hydrogen) atoms. The van der Waals surface area contributed by atoms with Gasteiger partial charge >= 0.3 is 5.97 Å². The molecule has 0 aromatic rings. The number of nitrogens with one attached hydrogen (secondary N) is 1. The predicted molar refractivity (Wildman–Crippen MR) is 64.8 cm³/mol. The molecule has 98 valence electrons. The fourth-order valence-electron chi connectivity index (χ4n) is 3.25. The van der Waals surface area contributed by atoms with Crippen molar-refractivity contribution >= 4 is 5.97 Å². The molecular formula is C13H23NO3. The fourth-order valence-corrected chi connectivity index (χ4v) is 3.25. The Kier molecular flexibility index (Phi) is 4.40. The van der Waals surface area contributed by atoms with Crippen LogP contribution in [0.5, 0.6) is 0 Å². The van der Waals surface area contributed by atoms with Gasteiger partial charge in [-0.1, -0.05) is 6.42 Å². The SMILES string of the molecule is CCOC(=O)CNC1CCCC12CCOCC2. The molecule has 1 aliphatic carbocycles. The largest absolute Gasteiger partial charge is 0.465 e. The molecule has 0 bridgehead atoms. The first kappa shape index (κ1) is 12.8. The van der Waals surface area contributed by atoms with E-state index < -0.39 is 0 Å². The number of carbonyl (C=O) groups is 1. The molecule has 1 saturated heterocycles. The van der Waals surface area contributed by atoms with Crippen molar-refractivity contribution in [3.63, 3.8) is 0 Å². The third-order valence-electron chi connectivity index (χ3n) is 4.19. The van der Waals surface area contributed by atoms with Gasteiger partial charge in [-0.05, 0) is 38.0 Å². The van der Waals surface area contributed by atoms with Gasteiger partial charge in [-0.25, -0.2) is 0 Å². The van der Waals surface area contributed by atoms with Gasteiger partial charge in [-0.3, -0.25) is 4.79 Å². The van der Waals surface area contributed by atoms with Gasteiger partial charge in [0.05, 0.1) is 13.2 Å². The van der Waals surface area contributed by atoms with Crippen LogP contribution in [0.25, 0.3) is 0 Å². The highest BCUT2D eigenvalue weighted by atomic mass is 16.5. The number of hydrogen-bond acceptors (Lipinski definition) is 4. The third-order valence-corrected chi connectivity index (χ3v) is 4.19. The summed E-state index contributed by atoms with van der Waals surface area (Å²) in [6.45, 7) is 4.40. The van der Waals surface area contributed by atoms with E-state index in [0.29, 0.717) is 24.6 Å². The Bertz CT molecular complexity index is 261. The Labute approximate surface area is 103 Å². The summed E-state index contributed by atoms with van der Waals surface area (Å²) in [5.41, 5.74) is 0.380. The van der Waals surface area contributed by atoms with Gasteiger partial charge in [0.25, 0.3) is 0 Å². The lowest BCUT2D eigenvalue weighted by Crippen LogP contribution is -2.46. The maximum atomic E-state index is 11.4. The maximum Gasteiger partial charge on any atom is 0.319 e. The summed E-state index contributed by atoms with van der Waals surface area (Å²) in [6.07, 6.45) is 5.98. The van der Waals surface area contributed by atoms with E-state index in [1.54, 1.807) is 0 Å². The predicted octanol–water partition coefficient (Wildman–Crippen LogP) is 1.49. The standard InChI is InChI=1S/C13H23NO3/c1-2-17-12(15)10-14-11-4-3-5-13(11)6-8-16-9-7-13/h11,14H,2-10H2,1H3.